The second-order valence-electron chi connectivity index (χ2n) is 4.63. The Morgan fingerprint density at radius 3 is 2.68 bits per heavy atom. The van der Waals surface area contributed by atoms with E-state index in [0.717, 1.165) is 6.42 Å². The van der Waals surface area contributed by atoms with Crippen molar-refractivity contribution in [1.29, 1.82) is 0 Å². The number of carboxylic acid groups (broad SMARTS) is 1. The maximum Gasteiger partial charge on any atom is 0.317 e. The molecule has 1 aliphatic heterocycles. The molecule has 8 nitrogen and oxygen atoms in total. The second kappa shape index (κ2) is 6.71. The first-order chi connectivity index (χ1) is 8.78. The van der Waals surface area contributed by atoms with Crippen molar-refractivity contribution < 1.29 is 23.1 Å². The van der Waals surface area contributed by atoms with Crippen LogP contribution < -0.4 is 10.5 Å². The summed E-state index contributed by atoms with van der Waals surface area (Å²) in [5, 5.41) is 15.9. The molecule has 0 aromatic rings. The van der Waals surface area contributed by atoms with Crippen molar-refractivity contribution in [2.24, 2.45) is 11.1 Å². The molecule has 0 aromatic carbocycles. The number of carboxylic acids is 1. The first-order valence-corrected chi connectivity index (χ1v) is 7.74. The van der Waals surface area contributed by atoms with E-state index in [1.54, 1.807) is 4.90 Å². The van der Waals surface area contributed by atoms with E-state index in [1.807, 2.05) is 0 Å². The molecule has 1 saturated heterocycles. The molecule has 4 N–H and O–H groups in total. The third-order valence-corrected chi connectivity index (χ3v) is 3.78. The Hall–Kier alpha value is -1.35. The molecule has 1 atom stereocenters. The first-order valence-electron chi connectivity index (χ1n) is 6.03. The Labute approximate surface area is 112 Å². The number of hydrogen-bond donors (Lipinski definition) is 3. The van der Waals surface area contributed by atoms with Crippen LogP contribution in [0.2, 0.25) is 0 Å². The monoisotopic (exact) mass is 293 g/mol. The molecular weight excluding hydrogens is 274 g/mol. The number of hydrogen-bond acceptors (Lipinski definition) is 4. The molecule has 1 unspecified atom stereocenters. The lowest BCUT2D eigenvalue weighted by atomic mass is 10.0. The lowest BCUT2D eigenvalue weighted by Gasteiger charge is -2.17. The number of sulfonamides is 1. The molecule has 0 saturated carbocycles. The fourth-order valence-corrected chi connectivity index (χ4v) is 2.38. The third-order valence-electron chi connectivity index (χ3n) is 3.00. The van der Waals surface area contributed by atoms with Gasteiger partial charge in [0.05, 0.1) is 5.75 Å². The summed E-state index contributed by atoms with van der Waals surface area (Å²) in [5.74, 6) is -0.939. The maximum absolute atomic E-state index is 11.7. The van der Waals surface area contributed by atoms with Crippen LogP contribution in [0.15, 0.2) is 0 Å². The Morgan fingerprint density at radius 2 is 2.11 bits per heavy atom. The first kappa shape index (κ1) is 15.7. The van der Waals surface area contributed by atoms with E-state index in [1.165, 1.54) is 0 Å². The molecule has 9 heteroatoms. The van der Waals surface area contributed by atoms with E-state index in [-0.39, 0.29) is 30.7 Å². The van der Waals surface area contributed by atoms with Crippen LogP contribution in [0.25, 0.3) is 0 Å². The fourth-order valence-electron chi connectivity index (χ4n) is 1.99. The molecule has 0 aromatic heterocycles. The number of likely N-dealkylation sites (tertiary alicyclic amines) is 1. The van der Waals surface area contributed by atoms with E-state index < -0.39 is 16.0 Å². The standard InChI is InChI=1S/C10H19N3O5S/c11-19(17,18)6-4-12-10(16)13-5-3-8(7-13)1-2-9(14)15/h8H,1-7H2,(H,12,16)(H,14,15)(H2,11,17,18). The van der Waals surface area contributed by atoms with E-state index in [2.05, 4.69) is 5.32 Å². The lowest BCUT2D eigenvalue weighted by Crippen LogP contribution is -2.41. The molecular formula is C10H19N3O5S. The molecule has 110 valence electrons. The molecule has 1 aliphatic rings. The van der Waals surface area contributed by atoms with E-state index >= 15 is 0 Å². The molecule has 0 radical (unpaired) electrons. The van der Waals surface area contributed by atoms with Crippen LogP contribution in [-0.4, -0.2) is 55.8 Å². The summed E-state index contributed by atoms with van der Waals surface area (Å²) in [6.45, 7) is 1.05. The van der Waals surface area contributed by atoms with Crippen LogP contribution in [-0.2, 0) is 14.8 Å². The average molecular weight is 293 g/mol. The number of amides is 2. The van der Waals surface area contributed by atoms with Crippen LogP contribution in [0.5, 0.6) is 0 Å². The van der Waals surface area contributed by atoms with Crippen LogP contribution in [0.3, 0.4) is 0 Å². The number of aliphatic carboxylic acids is 1. The van der Waals surface area contributed by atoms with Crippen LogP contribution in [0.1, 0.15) is 19.3 Å². The number of carbonyl (C=O) groups is 2. The second-order valence-corrected chi connectivity index (χ2v) is 6.37. The molecule has 0 bridgehead atoms. The fraction of sp³-hybridized carbons (Fsp3) is 0.800. The van der Waals surface area contributed by atoms with Gasteiger partial charge >= 0.3 is 12.0 Å². The molecule has 19 heavy (non-hydrogen) atoms. The van der Waals surface area contributed by atoms with Gasteiger partial charge in [0.2, 0.25) is 10.0 Å². The highest BCUT2D eigenvalue weighted by Gasteiger charge is 2.26. The zero-order valence-corrected chi connectivity index (χ0v) is 11.4. The van der Waals surface area contributed by atoms with Crippen molar-refractivity contribution in [3.8, 4) is 0 Å². The number of nitrogens with one attached hydrogen (secondary N) is 1. The highest BCUT2D eigenvalue weighted by atomic mass is 32.2. The minimum atomic E-state index is -3.57. The zero-order valence-electron chi connectivity index (χ0n) is 10.5. The summed E-state index contributed by atoms with van der Waals surface area (Å²) in [5.41, 5.74) is 0. The van der Waals surface area contributed by atoms with Gasteiger partial charge in [-0.3, -0.25) is 4.79 Å². The summed E-state index contributed by atoms with van der Waals surface area (Å²) in [6.07, 6.45) is 1.43. The number of primary sulfonamides is 1. The van der Waals surface area contributed by atoms with Crippen molar-refractivity contribution in [3.63, 3.8) is 0 Å². The lowest BCUT2D eigenvalue weighted by molar-refractivity contribution is -0.137. The van der Waals surface area contributed by atoms with Crippen LogP contribution in [0.4, 0.5) is 4.79 Å². The van der Waals surface area contributed by atoms with Crippen molar-refractivity contribution >= 4 is 22.0 Å². The Morgan fingerprint density at radius 1 is 1.42 bits per heavy atom. The summed E-state index contributed by atoms with van der Waals surface area (Å²) in [4.78, 5) is 23.7. The van der Waals surface area contributed by atoms with E-state index in [4.69, 9.17) is 10.2 Å². The number of rotatable bonds is 6. The predicted octanol–water partition coefficient (Wildman–Crippen LogP) is -0.829. The van der Waals surface area contributed by atoms with Crippen LogP contribution in [0, 0.1) is 5.92 Å². The molecule has 1 fully saturated rings. The van der Waals surface area contributed by atoms with Crippen molar-refractivity contribution in [2.45, 2.75) is 19.3 Å². The number of carbonyl (C=O) groups excluding carboxylic acids is 1. The average Bonchev–Trinajstić information content (AvgIpc) is 2.73. The summed E-state index contributed by atoms with van der Waals surface area (Å²) in [6, 6.07) is -0.332. The molecule has 1 rings (SSSR count). The van der Waals surface area contributed by atoms with Gasteiger partial charge in [0.1, 0.15) is 0 Å². The minimum Gasteiger partial charge on any atom is -0.481 e. The van der Waals surface area contributed by atoms with E-state index in [9.17, 15) is 18.0 Å². The Balaban J connectivity index is 2.26. The van der Waals surface area contributed by atoms with Gasteiger partial charge in [0.25, 0.3) is 0 Å². The molecule has 1 heterocycles. The van der Waals surface area contributed by atoms with Crippen molar-refractivity contribution in [1.82, 2.24) is 10.2 Å². The van der Waals surface area contributed by atoms with Gasteiger partial charge in [0, 0.05) is 26.1 Å². The third kappa shape index (κ3) is 6.39. The molecule has 2 amide bonds. The van der Waals surface area contributed by atoms with Gasteiger partial charge in [-0.15, -0.1) is 0 Å². The Bertz CT molecular complexity index is 436. The maximum atomic E-state index is 11.7. The number of urea groups is 1. The summed E-state index contributed by atoms with van der Waals surface area (Å²) < 4.78 is 21.4. The van der Waals surface area contributed by atoms with Crippen LogP contribution >= 0.6 is 0 Å². The van der Waals surface area contributed by atoms with Gasteiger partial charge in [-0.25, -0.2) is 18.4 Å². The topological polar surface area (TPSA) is 130 Å². The van der Waals surface area contributed by atoms with Gasteiger partial charge in [0.15, 0.2) is 0 Å². The Kier molecular flexibility index (Phi) is 5.55. The van der Waals surface area contributed by atoms with Gasteiger partial charge in [-0.05, 0) is 18.8 Å². The summed E-state index contributed by atoms with van der Waals surface area (Å²) >= 11 is 0. The molecule has 0 aliphatic carbocycles. The summed E-state index contributed by atoms with van der Waals surface area (Å²) in [7, 11) is -3.57. The van der Waals surface area contributed by atoms with E-state index in [0.29, 0.717) is 19.5 Å². The minimum absolute atomic E-state index is 0.0199. The smallest absolute Gasteiger partial charge is 0.317 e. The molecule has 0 spiro atoms. The van der Waals surface area contributed by atoms with Gasteiger partial charge in [-0.2, -0.15) is 0 Å². The highest BCUT2D eigenvalue weighted by molar-refractivity contribution is 7.89. The predicted molar refractivity (Wildman–Crippen MR) is 67.9 cm³/mol. The van der Waals surface area contributed by atoms with Gasteiger partial charge in [-0.1, -0.05) is 0 Å². The number of nitrogens with two attached hydrogens (primary N) is 1. The zero-order chi connectivity index (χ0) is 14.5. The SMILES string of the molecule is NS(=O)(=O)CCNC(=O)N1CCC(CCC(=O)O)C1. The van der Waals surface area contributed by atoms with Crippen molar-refractivity contribution in [2.75, 3.05) is 25.4 Å². The highest BCUT2D eigenvalue weighted by Crippen LogP contribution is 2.20. The normalized spacial score (nSPS) is 19.4. The van der Waals surface area contributed by atoms with Gasteiger partial charge < -0.3 is 15.3 Å². The largest absolute Gasteiger partial charge is 0.481 e. The number of nitrogens with zero attached hydrogens (tertiary/aromatic N) is 1. The van der Waals surface area contributed by atoms with Crippen molar-refractivity contribution in [3.05, 3.63) is 0 Å². The quantitative estimate of drug-likeness (QED) is 0.588.